The Labute approximate surface area is 263 Å². The fourth-order valence-corrected chi connectivity index (χ4v) is 6.32. The molecule has 1 aliphatic heterocycles. The van der Waals surface area contributed by atoms with E-state index in [1.807, 2.05) is 24.3 Å². The highest BCUT2D eigenvalue weighted by atomic mass is 15.0. The van der Waals surface area contributed by atoms with E-state index < -0.39 is 0 Å². The second-order valence-corrected chi connectivity index (χ2v) is 11.4. The molecule has 7 aromatic rings. The lowest BCUT2D eigenvalue weighted by Crippen LogP contribution is -2.09. The van der Waals surface area contributed by atoms with Crippen molar-refractivity contribution in [2.45, 2.75) is 12.8 Å². The van der Waals surface area contributed by atoms with Crippen molar-refractivity contribution < 1.29 is 0 Å². The zero-order valence-corrected chi connectivity index (χ0v) is 24.8. The fourth-order valence-electron chi connectivity index (χ4n) is 6.32. The molecule has 8 rings (SSSR count). The Balaban J connectivity index is 1.23. The Morgan fingerprint density at radius 3 is 1.87 bits per heavy atom. The highest BCUT2D eigenvalue weighted by Crippen LogP contribution is 2.35. The first-order valence-electron chi connectivity index (χ1n) is 15.5. The largest absolute Gasteiger partial charge is 0.309 e. The Morgan fingerprint density at radius 1 is 0.444 bits per heavy atom. The first kappa shape index (κ1) is 26.8. The molecule has 0 atom stereocenters. The summed E-state index contributed by atoms with van der Waals surface area (Å²) in [4.78, 5) is 10.4. The monoisotopic (exact) mass is 577 g/mol. The third-order valence-corrected chi connectivity index (χ3v) is 8.50. The molecule has 0 saturated heterocycles. The highest BCUT2D eigenvalue weighted by molar-refractivity contribution is 6.14. The molecule has 2 heterocycles. The number of nitrogens with zero attached hydrogens (tertiary/aromatic N) is 3. The van der Waals surface area contributed by atoms with Gasteiger partial charge in [-0.3, -0.25) is 0 Å². The van der Waals surface area contributed by atoms with Crippen molar-refractivity contribution in [3.63, 3.8) is 0 Å². The molecule has 0 bridgehead atoms. The van der Waals surface area contributed by atoms with Gasteiger partial charge in [-0.05, 0) is 59.9 Å². The maximum absolute atomic E-state index is 5.21. The van der Waals surface area contributed by atoms with Gasteiger partial charge in [0.1, 0.15) is 0 Å². The van der Waals surface area contributed by atoms with Crippen molar-refractivity contribution in [3.8, 4) is 16.8 Å². The van der Waals surface area contributed by atoms with Crippen molar-refractivity contribution in [1.82, 2.24) is 4.57 Å². The van der Waals surface area contributed by atoms with Crippen LogP contribution in [0.3, 0.4) is 0 Å². The number of hydrogen-bond acceptors (Lipinski definition) is 2. The van der Waals surface area contributed by atoms with Gasteiger partial charge in [0.2, 0.25) is 0 Å². The molecule has 1 aromatic heterocycles. The molecule has 0 N–H and O–H groups in total. The number of amidine groups is 1. The van der Waals surface area contributed by atoms with Crippen LogP contribution in [0.25, 0.3) is 44.3 Å². The van der Waals surface area contributed by atoms with Crippen LogP contribution < -0.4 is 0 Å². The van der Waals surface area contributed by atoms with E-state index in [0.717, 1.165) is 58.0 Å². The van der Waals surface area contributed by atoms with E-state index in [4.69, 9.17) is 9.98 Å². The summed E-state index contributed by atoms with van der Waals surface area (Å²) in [6, 6.07) is 55.6. The van der Waals surface area contributed by atoms with Gasteiger partial charge >= 0.3 is 0 Å². The van der Waals surface area contributed by atoms with Gasteiger partial charge in [-0.2, -0.15) is 0 Å². The van der Waals surface area contributed by atoms with Crippen LogP contribution >= 0.6 is 0 Å². The van der Waals surface area contributed by atoms with Crippen LogP contribution in [0.1, 0.15) is 29.5 Å². The first-order valence-corrected chi connectivity index (χ1v) is 15.5. The number of rotatable bonds is 5. The number of aliphatic imine (C=N–C) groups is 2. The molecule has 6 aromatic carbocycles. The Morgan fingerprint density at radius 2 is 1.07 bits per heavy atom. The summed E-state index contributed by atoms with van der Waals surface area (Å²) in [6.07, 6.45) is 3.97. The van der Waals surface area contributed by atoms with E-state index in [9.17, 15) is 0 Å². The minimum atomic E-state index is 0.736. The predicted octanol–water partition coefficient (Wildman–Crippen LogP) is 10.5. The van der Waals surface area contributed by atoms with Crippen LogP contribution in [0, 0.1) is 0 Å². The zero-order chi connectivity index (χ0) is 30.0. The minimum Gasteiger partial charge on any atom is -0.309 e. The van der Waals surface area contributed by atoms with Gasteiger partial charge in [-0.15, -0.1) is 0 Å². The molecule has 0 amide bonds. The molecule has 0 saturated carbocycles. The maximum atomic E-state index is 5.21. The summed E-state index contributed by atoms with van der Waals surface area (Å²) in [6.45, 7) is 0. The average Bonchev–Trinajstić information content (AvgIpc) is 3.43. The number of allylic oxidation sites excluding steroid dienone is 1. The topological polar surface area (TPSA) is 29.6 Å². The predicted molar refractivity (Wildman–Crippen MR) is 189 cm³/mol. The number of benzene rings is 6. The number of fused-ring (bicyclic) bond motifs is 3. The van der Waals surface area contributed by atoms with Gasteiger partial charge in [0.25, 0.3) is 0 Å². The van der Waals surface area contributed by atoms with Crippen LogP contribution in [0.4, 0.5) is 0 Å². The van der Waals surface area contributed by atoms with Crippen molar-refractivity contribution in [1.29, 1.82) is 0 Å². The van der Waals surface area contributed by atoms with E-state index in [-0.39, 0.29) is 0 Å². The third-order valence-electron chi connectivity index (χ3n) is 8.50. The molecule has 214 valence electrons. The molecular formula is C42H31N3. The molecule has 1 aliphatic rings. The standard InChI is InChI=1S/C42H31N3/c1-4-14-30(15-5-1)38-23-13-24-39(44-42(43-38)31-16-6-2-7-17-31)34-19-12-18-32(28-34)33-26-27-37-36-22-10-11-25-40(36)45(41(37)29-33)35-20-8-3-9-21-35/h1-12,14-22,24-29H,13,23H2/b39-24-,43-38+,44-42-. The van der Waals surface area contributed by atoms with Gasteiger partial charge in [0.15, 0.2) is 5.84 Å². The van der Waals surface area contributed by atoms with Gasteiger partial charge in [0.05, 0.1) is 22.4 Å². The lowest BCUT2D eigenvalue weighted by atomic mass is 9.99. The maximum Gasteiger partial charge on any atom is 0.160 e. The summed E-state index contributed by atoms with van der Waals surface area (Å²) < 4.78 is 2.37. The second-order valence-electron chi connectivity index (χ2n) is 11.4. The van der Waals surface area contributed by atoms with Crippen molar-refractivity contribution in [2.75, 3.05) is 0 Å². The van der Waals surface area contributed by atoms with Gasteiger partial charge in [-0.25, -0.2) is 9.98 Å². The summed E-state index contributed by atoms with van der Waals surface area (Å²) in [7, 11) is 0. The Kier molecular flexibility index (Phi) is 6.97. The molecule has 3 nitrogen and oxygen atoms in total. The van der Waals surface area contributed by atoms with E-state index in [1.54, 1.807) is 0 Å². The van der Waals surface area contributed by atoms with E-state index in [0.29, 0.717) is 0 Å². The van der Waals surface area contributed by atoms with Crippen LogP contribution in [0.15, 0.2) is 174 Å². The number of hydrogen-bond donors (Lipinski definition) is 0. The summed E-state index contributed by atoms with van der Waals surface area (Å²) in [5.41, 5.74) is 11.1. The molecule has 0 fully saturated rings. The van der Waals surface area contributed by atoms with Gasteiger partial charge in [0, 0.05) is 27.6 Å². The second kappa shape index (κ2) is 11.7. The van der Waals surface area contributed by atoms with E-state index >= 15 is 0 Å². The Hall–Kier alpha value is -5.80. The quantitative estimate of drug-likeness (QED) is 0.195. The number of aromatic nitrogens is 1. The van der Waals surface area contributed by atoms with Crippen molar-refractivity contribution in [2.24, 2.45) is 9.98 Å². The molecule has 0 aliphatic carbocycles. The lowest BCUT2D eigenvalue weighted by Gasteiger charge is -2.14. The SMILES string of the molecule is C1=C(c2cccc(-c3ccc4c5ccccc5n(-c5ccccc5)c4c3)c2)/N=C(c2ccccc2)\N=C(\c2ccccc2)CC\1. The van der Waals surface area contributed by atoms with Crippen molar-refractivity contribution in [3.05, 3.63) is 180 Å². The first-order chi connectivity index (χ1) is 22.3. The third kappa shape index (κ3) is 5.19. The Bertz CT molecular complexity index is 2240. The molecule has 0 radical (unpaired) electrons. The molecular weight excluding hydrogens is 546 g/mol. The highest BCUT2D eigenvalue weighted by Gasteiger charge is 2.15. The van der Waals surface area contributed by atoms with Gasteiger partial charge < -0.3 is 4.57 Å². The smallest absolute Gasteiger partial charge is 0.160 e. The minimum absolute atomic E-state index is 0.736. The summed E-state index contributed by atoms with van der Waals surface area (Å²) >= 11 is 0. The number of para-hydroxylation sites is 2. The van der Waals surface area contributed by atoms with Crippen LogP contribution in [0.5, 0.6) is 0 Å². The normalized spacial score (nSPS) is 17.0. The lowest BCUT2D eigenvalue weighted by molar-refractivity contribution is 1.08. The molecule has 0 spiro atoms. The van der Waals surface area contributed by atoms with Gasteiger partial charge in [-0.1, -0.05) is 133 Å². The fraction of sp³-hybridized carbons (Fsp3) is 0.0476. The van der Waals surface area contributed by atoms with E-state index in [1.165, 1.54) is 27.4 Å². The average molecular weight is 578 g/mol. The van der Waals surface area contributed by atoms with E-state index in [2.05, 4.69) is 144 Å². The van der Waals surface area contributed by atoms with Crippen LogP contribution in [0.2, 0.25) is 0 Å². The summed E-state index contributed by atoms with van der Waals surface area (Å²) in [5, 5.41) is 2.51. The zero-order valence-electron chi connectivity index (χ0n) is 24.8. The molecule has 45 heavy (non-hydrogen) atoms. The molecule has 0 unspecified atom stereocenters. The van der Waals surface area contributed by atoms with Crippen molar-refractivity contribution >= 4 is 39.1 Å². The van der Waals surface area contributed by atoms with Crippen LogP contribution in [-0.4, -0.2) is 16.1 Å². The van der Waals surface area contributed by atoms with Crippen LogP contribution in [-0.2, 0) is 0 Å². The summed E-state index contributed by atoms with van der Waals surface area (Å²) in [5.74, 6) is 0.736. The molecule has 3 heteroatoms.